The van der Waals surface area contributed by atoms with Crippen LogP contribution in [0.4, 0.5) is 0 Å². The molecule has 4 heteroatoms. The van der Waals surface area contributed by atoms with Gasteiger partial charge in [-0.25, -0.2) is 0 Å². The predicted octanol–water partition coefficient (Wildman–Crippen LogP) is 2.92. The Labute approximate surface area is 104 Å². The average Bonchev–Trinajstić information content (AvgIpc) is 2.86. The summed E-state index contributed by atoms with van der Waals surface area (Å²) in [6.07, 6.45) is 0. The van der Waals surface area contributed by atoms with Gasteiger partial charge in [0.15, 0.2) is 5.76 Å². The number of carbonyl (C=O) groups is 1. The first kappa shape index (κ1) is 11.7. The van der Waals surface area contributed by atoms with Crippen molar-refractivity contribution >= 4 is 17.5 Å². The SMILES string of the molecule is O=C(NCCCl)c1ccc(-c2ccccc2)o1. The van der Waals surface area contributed by atoms with E-state index in [1.54, 1.807) is 12.1 Å². The van der Waals surface area contributed by atoms with Gasteiger partial charge in [0, 0.05) is 18.0 Å². The standard InChI is InChI=1S/C13H12ClNO2/c14-8-9-15-13(16)12-7-6-11(17-12)10-4-2-1-3-5-10/h1-7H,8-9H2,(H,15,16). The Bertz CT molecular complexity index is 493. The van der Waals surface area contributed by atoms with E-state index >= 15 is 0 Å². The molecule has 0 unspecified atom stereocenters. The summed E-state index contributed by atoms with van der Waals surface area (Å²) in [5, 5.41) is 2.65. The Hall–Kier alpha value is -1.74. The predicted molar refractivity (Wildman–Crippen MR) is 67.2 cm³/mol. The molecule has 3 nitrogen and oxygen atoms in total. The zero-order chi connectivity index (χ0) is 12.1. The van der Waals surface area contributed by atoms with Gasteiger partial charge < -0.3 is 9.73 Å². The van der Waals surface area contributed by atoms with E-state index in [0.29, 0.717) is 23.9 Å². The van der Waals surface area contributed by atoms with Crippen molar-refractivity contribution in [2.45, 2.75) is 0 Å². The highest BCUT2D eigenvalue weighted by Crippen LogP contribution is 2.21. The van der Waals surface area contributed by atoms with Crippen LogP contribution >= 0.6 is 11.6 Å². The molecule has 1 amide bonds. The molecule has 0 saturated heterocycles. The van der Waals surface area contributed by atoms with Crippen LogP contribution in [0.5, 0.6) is 0 Å². The smallest absolute Gasteiger partial charge is 0.287 e. The highest BCUT2D eigenvalue weighted by molar-refractivity contribution is 6.18. The first-order chi connectivity index (χ1) is 8.31. The number of benzene rings is 1. The summed E-state index contributed by atoms with van der Waals surface area (Å²) >= 11 is 5.49. The normalized spacial score (nSPS) is 10.2. The summed E-state index contributed by atoms with van der Waals surface area (Å²) in [5.41, 5.74) is 0.948. The summed E-state index contributed by atoms with van der Waals surface area (Å²) in [5.74, 6) is 1.13. The molecule has 1 heterocycles. The van der Waals surface area contributed by atoms with Crippen LogP contribution in [0.1, 0.15) is 10.6 Å². The summed E-state index contributed by atoms with van der Waals surface area (Å²) in [6.45, 7) is 0.432. The first-order valence-electron chi connectivity index (χ1n) is 5.30. The lowest BCUT2D eigenvalue weighted by atomic mass is 10.2. The third-order valence-electron chi connectivity index (χ3n) is 2.27. The van der Waals surface area contributed by atoms with Crippen molar-refractivity contribution in [2.75, 3.05) is 12.4 Å². The molecule has 1 aromatic carbocycles. The topological polar surface area (TPSA) is 42.2 Å². The number of nitrogens with one attached hydrogen (secondary N) is 1. The lowest BCUT2D eigenvalue weighted by Crippen LogP contribution is -2.24. The molecular formula is C13H12ClNO2. The quantitative estimate of drug-likeness (QED) is 0.847. The minimum absolute atomic E-state index is 0.243. The fourth-order valence-corrected chi connectivity index (χ4v) is 1.56. The molecule has 1 aromatic heterocycles. The second-order valence-corrected chi connectivity index (χ2v) is 3.85. The lowest BCUT2D eigenvalue weighted by Gasteiger charge is -1.99. The number of rotatable bonds is 4. The second kappa shape index (κ2) is 5.55. The summed E-state index contributed by atoms with van der Waals surface area (Å²) < 4.78 is 5.47. The molecule has 0 aliphatic heterocycles. The zero-order valence-electron chi connectivity index (χ0n) is 9.15. The summed E-state index contributed by atoms with van der Waals surface area (Å²) in [6, 6.07) is 13.1. The average molecular weight is 250 g/mol. The Kier molecular flexibility index (Phi) is 3.83. The van der Waals surface area contributed by atoms with Crippen LogP contribution in [0.25, 0.3) is 11.3 Å². The monoisotopic (exact) mass is 249 g/mol. The van der Waals surface area contributed by atoms with E-state index in [2.05, 4.69) is 5.32 Å². The first-order valence-corrected chi connectivity index (χ1v) is 5.84. The third kappa shape index (κ3) is 2.88. The number of hydrogen-bond acceptors (Lipinski definition) is 2. The van der Waals surface area contributed by atoms with Crippen molar-refractivity contribution in [3.8, 4) is 11.3 Å². The number of carbonyl (C=O) groups excluding carboxylic acids is 1. The van der Waals surface area contributed by atoms with E-state index in [4.69, 9.17) is 16.0 Å². The van der Waals surface area contributed by atoms with E-state index in [1.807, 2.05) is 30.3 Å². The highest BCUT2D eigenvalue weighted by atomic mass is 35.5. The molecule has 17 heavy (non-hydrogen) atoms. The number of alkyl halides is 1. The van der Waals surface area contributed by atoms with E-state index < -0.39 is 0 Å². The zero-order valence-corrected chi connectivity index (χ0v) is 9.91. The molecule has 0 saturated carbocycles. The molecule has 0 spiro atoms. The third-order valence-corrected chi connectivity index (χ3v) is 2.46. The molecule has 0 bridgehead atoms. The van der Waals surface area contributed by atoms with Gasteiger partial charge in [0.2, 0.25) is 0 Å². The van der Waals surface area contributed by atoms with Crippen molar-refractivity contribution in [3.05, 3.63) is 48.2 Å². The molecule has 2 rings (SSSR count). The molecule has 0 aliphatic carbocycles. The van der Waals surface area contributed by atoms with Crippen LogP contribution in [0.2, 0.25) is 0 Å². The number of amides is 1. The van der Waals surface area contributed by atoms with Crippen LogP contribution < -0.4 is 5.32 Å². The fourth-order valence-electron chi connectivity index (χ4n) is 1.47. The van der Waals surface area contributed by atoms with Gasteiger partial charge in [-0.05, 0) is 12.1 Å². The van der Waals surface area contributed by atoms with Crippen LogP contribution in [-0.2, 0) is 0 Å². The van der Waals surface area contributed by atoms with Crippen molar-refractivity contribution in [2.24, 2.45) is 0 Å². The minimum atomic E-state index is -0.243. The van der Waals surface area contributed by atoms with Crippen LogP contribution in [0.15, 0.2) is 46.9 Å². The van der Waals surface area contributed by atoms with Gasteiger partial charge >= 0.3 is 0 Å². The summed E-state index contributed by atoms with van der Waals surface area (Å²) in [4.78, 5) is 11.6. The second-order valence-electron chi connectivity index (χ2n) is 3.47. The van der Waals surface area contributed by atoms with Gasteiger partial charge in [-0.15, -0.1) is 11.6 Å². The number of halogens is 1. The maximum absolute atomic E-state index is 11.6. The van der Waals surface area contributed by atoms with Gasteiger partial charge in [-0.1, -0.05) is 30.3 Å². The van der Waals surface area contributed by atoms with Crippen molar-refractivity contribution in [1.29, 1.82) is 0 Å². The van der Waals surface area contributed by atoms with Crippen LogP contribution in [0.3, 0.4) is 0 Å². The molecule has 2 aromatic rings. The van der Waals surface area contributed by atoms with Gasteiger partial charge in [0.1, 0.15) is 5.76 Å². The van der Waals surface area contributed by atoms with Gasteiger partial charge in [0.25, 0.3) is 5.91 Å². The Morgan fingerprint density at radius 1 is 1.18 bits per heavy atom. The van der Waals surface area contributed by atoms with E-state index in [-0.39, 0.29) is 5.91 Å². The Balaban J connectivity index is 2.14. The summed E-state index contributed by atoms with van der Waals surface area (Å²) in [7, 11) is 0. The largest absolute Gasteiger partial charge is 0.451 e. The number of furan rings is 1. The fraction of sp³-hybridized carbons (Fsp3) is 0.154. The van der Waals surface area contributed by atoms with Crippen molar-refractivity contribution in [3.63, 3.8) is 0 Å². The Morgan fingerprint density at radius 3 is 2.65 bits per heavy atom. The van der Waals surface area contributed by atoms with Crippen molar-refractivity contribution in [1.82, 2.24) is 5.32 Å². The van der Waals surface area contributed by atoms with Gasteiger partial charge in [0.05, 0.1) is 0 Å². The van der Waals surface area contributed by atoms with Crippen molar-refractivity contribution < 1.29 is 9.21 Å². The van der Waals surface area contributed by atoms with E-state index in [9.17, 15) is 4.79 Å². The molecule has 0 atom stereocenters. The maximum atomic E-state index is 11.6. The molecular weight excluding hydrogens is 238 g/mol. The maximum Gasteiger partial charge on any atom is 0.287 e. The van der Waals surface area contributed by atoms with Crippen LogP contribution in [0, 0.1) is 0 Å². The molecule has 0 aliphatic rings. The van der Waals surface area contributed by atoms with E-state index in [1.165, 1.54) is 0 Å². The van der Waals surface area contributed by atoms with Crippen LogP contribution in [-0.4, -0.2) is 18.3 Å². The van der Waals surface area contributed by atoms with Gasteiger partial charge in [-0.2, -0.15) is 0 Å². The molecule has 88 valence electrons. The number of hydrogen-bond donors (Lipinski definition) is 1. The molecule has 1 N–H and O–H groups in total. The molecule has 0 fully saturated rings. The Morgan fingerprint density at radius 2 is 1.94 bits per heavy atom. The van der Waals surface area contributed by atoms with Gasteiger partial charge in [-0.3, -0.25) is 4.79 Å². The lowest BCUT2D eigenvalue weighted by molar-refractivity contribution is 0.0929. The highest BCUT2D eigenvalue weighted by Gasteiger charge is 2.10. The minimum Gasteiger partial charge on any atom is -0.451 e. The van der Waals surface area contributed by atoms with E-state index in [0.717, 1.165) is 5.56 Å². The molecule has 0 radical (unpaired) electrons.